The molecule has 2 aromatic rings. The molecule has 0 aliphatic rings. The van der Waals surface area contributed by atoms with Gasteiger partial charge in [-0.15, -0.1) is 0 Å². The van der Waals surface area contributed by atoms with Crippen LogP contribution in [-0.2, 0) is 11.4 Å². The van der Waals surface area contributed by atoms with Gasteiger partial charge >= 0.3 is 11.8 Å². The molecule has 1 heterocycles. The Labute approximate surface area is 122 Å². The Morgan fingerprint density at radius 3 is 2.58 bits per heavy atom. The molecule has 0 saturated heterocycles. The van der Waals surface area contributed by atoms with Gasteiger partial charge in [-0.1, -0.05) is 29.8 Å². The second kappa shape index (κ2) is 6.55. The van der Waals surface area contributed by atoms with Crippen LogP contribution < -0.4 is 0 Å². The molecule has 0 aliphatic carbocycles. The van der Waals surface area contributed by atoms with Crippen molar-refractivity contribution in [1.82, 2.24) is 4.98 Å². The second-order valence-corrected chi connectivity index (χ2v) is 4.69. The number of hydrogen-bond donors (Lipinski definition) is 0. The summed E-state index contributed by atoms with van der Waals surface area (Å²) in [5.74, 6) is 0. The number of hydrogen-bond acceptors (Lipinski definition) is 2. The maximum absolute atomic E-state index is 6.05. The van der Waals surface area contributed by atoms with Gasteiger partial charge in [-0.25, -0.2) is 0 Å². The number of pyridine rings is 1. The molecule has 0 N–H and O–H groups in total. The summed E-state index contributed by atoms with van der Waals surface area (Å²) >= 11 is 11.9. The highest BCUT2D eigenvalue weighted by atomic mass is 35.5. The van der Waals surface area contributed by atoms with Crippen LogP contribution in [0.25, 0.3) is 0 Å². The Morgan fingerprint density at radius 1 is 1.21 bits per heavy atom. The summed E-state index contributed by atoms with van der Waals surface area (Å²) in [6.07, 6.45) is 1.71. The molecular formula is C14H13Cl2N2O+. The van der Waals surface area contributed by atoms with Crippen LogP contribution in [0.2, 0.25) is 5.02 Å². The quantitative estimate of drug-likeness (QED) is 0.486. The SMILES string of the molecule is CC(c1ccccn1)=[N+](Cl)OCc1ccc(Cl)cc1. The summed E-state index contributed by atoms with van der Waals surface area (Å²) in [5.41, 5.74) is 2.49. The Morgan fingerprint density at radius 2 is 1.95 bits per heavy atom. The predicted molar refractivity (Wildman–Crippen MR) is 76.4 cm³/mol. The van der Waals surface area contributed by atoms with Crippen LogP contribution in [0.1, 0.15) is 18.2 Å². The molecule has 0 amide bonds. The van der Waals surface area contributed by atoms with E-state index in [1.54, 1.807) is 6.20 Å². The van der Waals surface area contributed by atoms with Crippen LogP contribution in [0, 0.1) is 0 Å². The van der Waals surface area contributed by atoms with Gasteiger partial charge in [0.15, 0.2) is 6.61 Å². The van der Waals surface area contributed by atoms with Crippen LogP contribution >= 0.6 is 23.4 Å². The number of aromatic nitrogens is 1. The Balaban J connectivity index is 2.04. The fourth-order valence-electron chi connectivity index (χ4n) is 1.48. The fraction of sp³-hybridized carbons (Fsp3) is 0.143. The van der Waals surface area contributed by atoms with Gasteiger partial charge in [-0.3, -0.25) is 9.82 Å². The van der Waals surface area contributed by atoms with Gasteiger partial charge in [0.25, 0.3) is 5.71 Å². The highest BCUT2D eigenvalue weighted by molar-refractivity contribution is 6.30. The fourth-order valence-corrected chi connectivity index (χ4v) is 1.74. The molecule has 0 aliphatic heterocycles. The van der Waals surface area contributed by atoms with Crippen molar-refractivity contribution >= 4 is 29.1 Å². The van der Waals surface area contributed by atoms with E-state index in [9.17, 15) is 0 Å². The third-order valence-corrected chi connectivity index (χ3v) is 3.16. The Bertz CT molecular complexity index is 568. The van der Waals surface area contributed by atoms with E-state index in [0.29, 0.717) is 11.6 Å². The Hall–Kier alpha value is -1.58. The predicted octanol–water partition coefficient (Wildman–Crippen LogP) is 3.84. The first-order valence-electron chi connectivity index (χ1n) is 5.75. The average Bonchev–Trinajstić information content (AvgIpc) is 2.46. The lowest BCUT2D eigenvalue weighted by Crippen LogP contribution is -2.13. The van der Waals surface area contributed by atoms with Crippen molar-refractivity contribution in [3.63, 3.8) is 0 Å². The van der Waals surface area contributed by atoms with Crippen molar-refractivity contribution < 1.29 is 9.10 Å². The third-order valence-electron chi connectivity index (χ3n) is 2.56. The van der Waals surface area contributed by atoms with Gasteiger partial charge in [0, 0.05) is 18.1 Å². The minimum atomic E-state index is 0.366. The maximum Gasteiger partial charge on any atom is 0.319 e. The first-order valence-corrected chi connectivity index (χ1v) is 6.46. The molecule has 19 heavy (non-hydrogen) atoms. The van der Waals surface area contributed by atoms with Gasteiger partial charge in [0.2, 0.25) is 0 Å². The summed E-state index contributed by atoms with van der Waals surface area (Å²) < 4.78 is 1.21. The molecule has 2 rings (SSSR count). The van der Waals surface area contributed by atoms with Crippen molar-refractivity contribution in [2.24, 2.45) is 0 Å². The molecule has 1 aromatic carbocycles. The molecule has 3 nitrogen and oxygen atoms in total. The summed E-state index contributed by atoms with van der Waals surface area (Å²) in [5, 5.41) is 0.697. The van der Waals surface area contributed by atoms with E-state index in [2.05, 4.69) is 4.98 Å². The zero-order chi connectivity index (χ0) is 13.7. The van der Waals surface area contributed by atoms with Crippen molar-refractivity contribution in [2.45, 2.75) is 13.5 Å². The van der Waals surface area contributed by atoms with Crippen LogP contribution in [0.5, 0.6) is 0 Å². The lowest BCUT2D eigenvalue weighted by atomic mass is 10.2. The smallest absolute Gasteiger partial charge is 0.250 e. The minimum Gasteiger partial charge on any atom is -0.250 e. The lowest BCUT2D eigenvalue weighted by Gasteiger charge is -2.00. The normalized spacial score (nSPS) is 11.9. The van der Waals surface area contributed by atoms with Crippen LogP contribution in [0.15, 0.2) is 48.7 Å². The van der Waals surface area contributed by atoms with E-state index in [0.717, 1.165) is 17.0 Å². The van der Waals surface area contributed by atoms with Crippen LogP contribution in [0.4, 0.5) is 0 Å². The van der Waals surface area contributed by atoms with Crippen LogP contribution in [0.3, 0.4) is 0 Å². The molecule has 0 spiro atoms. The highest BCUT2D eigenvalue weighted by Gasteiger charge is 2.14. The molecule has 0 fully saturated rings. The van der Waals surface area contributed by atoms with Crippen molar-refractivity contribution in [1.29, 1.82) is 0 Å². The van der Waals surface area contributed by atoms with E-state index in [1.165, 1.54) is 4.26 Å². The summed E-state index contributed by atoms with van der Waals surface area (Å²) in [6, 6.07) is 13.0. The van der Waals surface area contributed by atoms with Crippen molar-refractivity contribution in [3.05, 3.63) is 64.9 Å². The number of rotatable bonds is 4. The number of nitrogens with zero attached hydrogens (tertiary/aromatic N) is 2. The zero-order valence-electron chi connectivity index (χ0n) is 10.4. The summed E-state index contributed by atoms with van der Waals surface area (Å²) in [6.45, 7) is 2.21. The average molecular weight is 296 g/mol. The van der Waals surface area contributed by atoms with E-state index < -0.39 is 0 Å². The topological polar surface area (TPSA) is 25.1 Å². The first-order chi connectivity index (χ1) is 9.16. The van der Waals surface area contributed by atoms with E-state index in [-0.39, 0.29) is 0 Å². The van der Waals surface area contributed by atoms with Crippen molar-refractivity contribution in [2.75, 3.05) is 0 Å². The zero-order valence-corrected chi connectivity index (χ0v) is 11.9. The Kier molecular flexibility index (Phi) is 4.77. The molecule has 98 valence electrons. The largest absolute Gasteiger partial charge is 0.319 e. The van der Waals surface area contributed by atoms with Gasteiger partial charge in [-0.2, -0.15) is 0 Å². The van der Waals surface area contributed by atoms with E-state index in [1.807, 2.05) is 49.4 Å². The van der Waals surface area contributed by atoms with Gasteiger partial charge in [0.1, 0.15) is 5.69 Å². The van der Waals surface area contributed by atoms with E-state index in [4.69, 9.17) is 28.2 Å². The number of halogens is 2. The minimum absolute atomic E-state index is 0.366. The number of benzene rings is 1. The highest BCUT2D eigenvalue weighted by Crippen LogP contribution is 2.11. The molecule has 5 heteroatoms. The second-order valence-electron chi connectivity index (χ2n) is 3.95. The molecule has 0 unspecified atom stereocenters. The molecule has 1 aromatic heterocycles. The van der Waals surface area contributed by atoms with Gasteiger partial charge in [0.05, 0.1) is 4.26 Å². The monoisotopic (exact) mass is 295 g/mol. The van der Waals surface area contributed by atoms with Gasteiger partial charge < -0.3 is 0 Å². The maximum atomic E-state index is 6.05. The van der Waals surface area contributed by atoms with E-state index >= 15 is 0 Å². The molecule has 0 bridgehead atoms. The van der Waals surface area contributed by atoms with Gasteiger partial charge in [-0.05, 0) is 29.8 Å². The molecule has 0 atom stereocenters. The van der Waals surface area contributed by atoms with Crippen LogP contribution in [-0.4, -0.2) is 15.0 Å². The summed E-state index contributed by atoms with van der Waals surface area (Å²) in [7, 11) is 0. The van der Waals surface area contributed by atoms with Crippen molar-refractivity contribution in [3.8, 4) is 0 Å². The summed E-state index contributed by atoms with van der Waals surface area (Å²) in [4.78, 5) is 9.67. The third kappa shape index (κ3) is 3.94. The lowest BCUT2D eigenvalue weighted by molar-refractivity contribution is -0.688. The molecular weight excluding hydrogens is 283 g/mol. The standard InChI is InChI=1S/C14H13Cl2N2O/c1-11(14-4-2-3-9-17-14)18(16)19-10-12-5-7-13(15)8-6-12/h2-9H,10H2,1H3/q+1. The molecule has 0 radical (unpaired) electrons. The first kappa shape index (κ1) is 13.8. The molecule has 0 saturated carbocycles.